The van der Waals surface area contributed by atoms with Crippen molar-refractivity contribution >= 4 is 5.97 Å². The molecular formula is C11H20O5. The molecule has 0 saturated heterocycles. The Labute approximate surface area is 95.4 Å². The smallest absolute Gasteiger partial charge is 0.333 e. The lowest BCUT2D eigenvalue weighted by molar-refractivity contribution is -0.142. The van der Waals surface area contributed by atoms with Gasteiger partial charge >= 0.3 is 5.97 Å². The predicted molar refractivity (Wildman–Crippen MR) is 58.7 cm³/mol. The van der Waals surface area contributed by atoms with Crippen LogP contribution < -0.4 is 0 Å². The summed E-state index contributed by atoms with van der Waals surface area (Å²) in [7, 11) is 0. The third-order valence-corrected chi connectivity index (χ3v) is 2.11. The Morgan fingerprint density at radius 3 is 2.50 bits per heavy atom. The molecule has 0 amide bonds. The zero-order valence-corrected chi connectivity index (χ0v) is 9.72. The highest BCUT2D eigenvalue weighted by atomic mass is 16.5. The summed E-state index contributed by atoms with van der Waals surface area (Å²) in [6.45, 7) is 2.77. The fourth-order valence-corrected chi connectivity index (χ4v) is 0.901. The van der Waals surface area contributed by atoms with Gasteiger partial charge in [0, 0.05) is 5.57 Å². The van der Waals surface area contributed by atoms with E-state index in [4.69, 9.17) is 14.9 Å². The maximum atomic E-state index is 11.3. The number of hydrogen-bond acceptors (Lipinski definition) is 5. The third kappa shape index (κ3) is 6.55. The first kappa shape index (κ1) is 15.1. The van der Waals surface area contributed by atoms with Crippen molar-refractivity contribution in [3.05, 3.63) is 11.6 Å². The molecular weight excluding hydrogens is 212 g/mol. The van der Waals surface area contributed by atoms with Crippen molar-refractivity contribution in [1.82, 2.24) is 0 Å². The molecule has 0 spiro atoms. The van der Waals surface area contributed by atoms with Crippen molar-refractivity contribution in [2.45, 2.75) is 38.9 Å². The highest BCUT2D eigenvalue weighted by molar-refractivity contribution is 5.87. The Morgan fingerprint density at radius 2 is 2.00 bits per heavy atom. The number of hydrogen-bond donors (Lipinski definition) is 3. The molecule has 0 bridgehead atoms. The van der Waals surface area contributed by atoms with Gasteiger partial charge in [-0.15, -0.1) is 0 Å². The molecule has 0 aromatic carbocycles. The molecule has 0 aliphatic rings. The van der Waals surface area contributed by atoms with Gasteiger partial charge in [-0.25, -0.2) is 4.79 Å². The topological polar surface area (TPSA) is 87.0 Å². The van der Waals surface area contributed by atoms with Crippen molar-refractivity contribution in [2.75, 3.05) is 13.2 Å². The fourth-order valence-electron chi connectivity index (χ4n) is 0.901. The summed E-state index contributed by atoms with van der Waals surface area (Å²) in [4.78, 5) is 11.3. The molecule has 0 aliphatic heterocycles. The summed E-state index contributed by atoms with van der Waals surface area (Å²) in [5, 5.41) is 26.7. The average Bonchev–Trinajstić information content (AvgIpc) is 2.31. The number of carbonyl (C=O) groups excluding carboxylic acids is 1. The van der Waals surface area contributed by atoms with Crippen LogP contribution in [0.1, 0.15) is 26.7 Å². The molecule has 0 saturated carbocycles. The number of aliphatic hydroxyl groups is 3. The molecule has 0 aromatic rings. The second-order valence-corrected chi connectivity index (χ2v) is 3.62. The Hall–Kier alpha value is -0.910. The molecule has 2 atom stereocenters. The van der Waals surface area contributed by atoms with Crippen LogP contribution in [0.2, 0.25) is 0 Å². The first-order chi connectivity index (χ1) is 7.51. The van der Waals surface area contributed by atoms with E-state index >= 15 is 0 Å². The summed E-state index contributed by atoms with van der Waals surface area (Å²) in [6.07, 6.45) is 1.13. The minimum absolute atomic E-state index is 0.225. The van der Waals surface area contributed by atoms with Crippen molar-refractivity contribution in [3.8, 4) is 0 Å². The summed E-state index contributed by atoms with van der Waals surface area (Å²) in [5.74, 6) is -0.546. The minimum Gasteiger partial charge on any atom is -0.459 e. The number of aliphatic hydroxyl groups excluding tert-OH is 3. The van der Waals surface area contributed by atoms with E-state index in [1.54, 1.807) is 13.0 Å². The van der Waals surface area contributed by atoms with Gasteiger partial charge < -0.3 is 20.1 Å². The molecule has 5 heteroatoms. The van der Waals surface area contributed by atoms with Crippen LogP contribution in [0.4, 0.5) is 0 Å². The van der Waals surface area contributed by atoms with Gasteiger partial charge in [0.25, 0.3) is 0 Å². The Bertz CT molecular complexity index is 237. The van der Waals surface area contributed by atoms with Gasteiger partial charge in [-0.1, -0.05) is 13.0 Å². The van der Waals surface area contributed by atoms with E-state index in [2.05, 4.69) is 0 Å². The van der Waals surface area contributed by atoms with Crippen LogP contribution in [0.25, 0.3) is 0 Å². The summed E-state index contributed by atoms with van der Waals surface area (Å²) < 4.78 is 4.72. The Morgan fingerprint density at radius 1 is 1.38 bits per heavy atom. The Kier molecular flexibility index (Phi) is 7.80. The van der Waals surface area contributed by atoms with Crippen molar-refractivity contribution < 1.29 is 24.9 Å². The van der Waals surface area contributed by atoms with Crippen LogP contribution in [0.5, 0.6) is 0 Å². The molecule has 94 valence electrons. The average molecular weight is 232 g/mol. The molecule has 0 fully saturated rings. The molecule has 16 heavy (non-hydrogen) atoms. The van der Waals surface area contributed by atoms with E-state index in [1.807, 2.05) is 6.92 Å². The monoisotopic (exact) mass is 232 g/mol. The number of carbonyl (C=O) groups is 1. The highest BCUT2D eigenvalue weighted by Gasteiger charge is 2.09. The van der Waals surface area contributed by atoms with E-state index in [0.717, 1.165) is 0 Å². The highest BCUT2D eigenvalue weighted by Crippen LogP contribution is 2.04. The third-order valence-electron chi connectivity index (χ3n) is 2.11. The Balaban J connectivity index is 3.98. The molecule has 2 unspecified atom stereocenters. The van der Waals surface area contributed by atoms with Crippen LogP contribution >= 0.6 is 0 Å². The first-order valence-corrected chi connectivity index (χ1v) is 5.32. The largest absolute Gasteiger partial charge is 0.459 e. The van der Waals surface area contributed by atoms with Crippen LogP contribution in [0, 0.1) is 0 Å². The van der Waals surface area contributed by atoms with E-state index < -0.39 is 24.8 Å². The number of rotatable bonds is 7. The van der Waals surface area contributed by atoms with Gasteiger partial charge in [0.2, 0.25) is 0 Å². The number of esters is 1. The lowest BCUT2D eigenvalue weighted by Gasteiger charge is -2.09. The number of ether oxygens (including phenoxy) is 1. The molecule has 0 aromatic heterocycles. The summed E-state index contributed by atoms with van der Waals surface area (Å²) in [5.41, 5.74) is 0.387. The normalized spacial score (nSPS) is 15.7. The van der Waals surface area contributed by atoms with Gasteiger partial charge in [0.05, 0.1) is 12.7 Å². The summed E-state index contributed by atoms with van der Waals surface area (Å²) >= 11 is 0. The van der Waals surface area contributed by atoms with E-state index in [0.29, 0.717) is 18.4 Å². The fraction of sp³-hybridized carbons (Fsp3) is 0.727. The van der Waals surface area contributed by atoms with Gasteiger partial charge in [0.1, 0.15) is 12.7 Å². The molecule has 0 radical (unpaired) electrons. The predicted octanol–water partition coefficient (Wildman–Crippen LogP) is -0.00990. The zero-order valence-electron chi connectivity index (χ0n) is 9.72. The first-order valence-electron chi connectivity index (χ1n) is 5.32. The zero-order chi connectivity index (χ0) is 12.6. The van der Waals surface area contributed by atoms with Gasteiger partial charge in [-0.05, 0) is 19.8 Å². The lowest BCUT2D eigenvalue weighted by Crippen LogP contribution is -2.22. The second-order valence-electron chi connectivity index (χ2n) is 3.62. The van der Waals surface area contributed by atoms with Crippen molar-refractivity contribution in [1.29, 1.82) is 0 Å². The standard InChI is InChI=1S/C11H20O5/c1-3-9(13)5-4-8(2)11(15)16-7-10(14)6-12/h4,9-10,12-14H,3,5-7H2,1-2H3. The molecule has 0 rings (SSSR count). The molecule has 3 N–H and O–H groups in total. The summed E-state index contributed by atoms with van der Waals surface area (Å²) in [6, 6.07) is 0. The van der Waals surface area contributed by atoms with E-state index in [9.17, 15) is 9.90 Å². The van der Waals surface area contributed by atoms with Gasteiger partial charge in [-0.2, -0.15) is 0 Å². The SMILES string of the molecule is CCC(O)CC=C(C)C(=O)OCC(O)CO. The van der Waals surface area contributed by atoms with Crippen molar-refractivity contribution in [3.63, 3.8) is 0 Å². The van der Waals surface area contributed by atoms with Crippen LogP contribution in [0.3, 0.4) is 0 Å². The van der Waals surface area contributed by atoms with E-state index in [-0.39, 0.29) is 6.61 Å². The second kappa shape index (κ2) is 8.27. The van der Waals surface area contributed by atoms with Crippen molar-refractivity contribution in [2.24, 2.45) is 0 Å². The van der Waals surface area contributed by atoms with Crippen LogP contribution in [0.15, 0.2) is 11.6 Å². The molecule has 0 heterocycles. The minimum atomic E-state index is -1.04. The van der Waals surface area contributed by atoms with Gasteiger partial charge in [-0.3, -0.25) is 0 Å². The maximum absolute atomic E-state index is 11.3. The van der Waals surface area contributed by atoms with Crippen LogP contribution in [-0.4, -0.2) is 46.7 Å². The lowest BCUT2D eigenvalue weighted by atomic mass is 10.1. The van der Waals surface area contributed by atoms with Crippen LogP contribution in [-0.2, 0) is 9.53 Å². The molecule has 5 nitrogen and oxygen atoms in total. The van der Waals surface area contributed by atoms with Gasteiger partial charge in [0.15, 0.2) is 0 Å². The quantitative estimate of drug-likeness (QED) is 0.424. The molecule has 0 aliphatic carbocycles. The maximum Gasteiger partial charge on any atom is 0.333 e. The van der Waals surface area contributed by atoms with E-state index in [1.165, 1.54) is 0 Å².